The Morgan fingerprint density at radius 2 is 1.63 bits per heavy atom. The van der Waals surface area contributed by atoms with Gasteiger partial charge in [-0.25, -0.2) is 4.98 Å². The lowest BCUT2D eigenvalue weighted by Crippen LogP contribution is -2.29. The van der Waals surface area contributed by atoms with Gasteiger partial charge in [0.15, 0.2) is 0 Å². The zero-order valence-electron chi connectivity index (χ0n) is 15.3. The first kappa shape index (κ1) is 17.3. The number of aromatic nitrogens is 3. The van der Waals surface area contributed by atoms with E-state index in [2.05, 4.69) is 54.8 Å². The molecule has 1 aliphatic heterocycles. The summed E-state index contributed by atoms with van der Waals surface area (Å²) < 4.78 is 0. The van der Waals surface area contributed by atoms with Gasteiger partial charge >= 0.3 is 0 Å². The lowest BCUT2D eigenvalue weighted by Gasteiger charge is -2.28. The van der Waals surface area contributed by atoms with Gasteiger partial charge in [-0.3, -0.25) is 4.98 Å². The summed E-state index contributed by atoms with van der Waals surface area (Å²) >= 11 is 0. The Morgan fingerprint density at radius 1 is 0.852 bits per heavy atom. The average Bonchev–Trinajstić information content (AvgIpc) is 2.75. The molecule has 1 saturated heterocycles. The third kappa shape index (κ3) is 4.73. The summed E-state index contributed by atoms with van der Waals surface area (Å²) in [6.07, 6.45) is 9.24. The number of nitrogens with zero attached hydrogens (tertiary/aromatic N) is 4. The summed E-state index contributed by atoms with van der Waals surface area (Å²) in [5.41, 5.74) is 3.46. The highest BCUT2D eigenvalue weighted by molar-refractivity contribution is 5.61. The number of benzene rings is 1. The maximum atomic E-state index is 4.54. The van der Waals surface area contributed by atoms with E-state index in [0.717, 1.165) is 30.2 Å². The number of hydrogen-bond acceptors (Lipinski definition) is 6. The van der Waals surface area contributed by atoms with Crippen LogP contribution in [0, 0.1) is 0 Å². The normalized spacial score (nSPS) is 14.0. The number of piperidine rings is 1. The molecule has 0 bridgehead atoms. The van der Waals surface area contributed by atoms with Crippen LogP contribution >= 0.6 is 0 Å². The quantitative estimate of drug-likeness (QED) is 0.686. The fourth-order valence-electron chi connectivity index (χ4n) is 3.25. The van der Waals surface area contributed by atoms with Crippen molar-refractivity contribution >= 4 is 23.1 Å². The zero-order chi connectivity index (χ0) is 18.3. The van der Waals surface area contributed by atoms with Crippen molar-refractivity contribution in [2.45, 2.75) is 25.8 Å². The molecular formula is C21H24N6. The number of nitrogens with one attached hydrogen (secondary N) is 2. The third-order valence-corrected chi connectivity index (χ3v) is 4.72. The van der Waals surface area contributed by atoms with Crippen LogP contribution in [0.1, 0.15) is 24.8 Å². The lowest BCUT2D eigenvalue weighted by atomic mass is 10.1. The molecule has 138 valence electrons. The van der Waals surface area contributed by atoms with Crippen LogP contribution in [-0.2, 0) is 6.54 Å². The summed E-state index contributed by atoms with van der Waals surface area (Å²) in [6, 6.07) is 14.4. The minimum atomic E-state index is 0.599. The predicted molar refractivity (Wildman–Crippen MR) is 109 cm³/mol. The standard InChI is InChI=1S/C21H24N6/c1-2-14-27(15-3-1)19-6-4-18(5-7-19)25-20-10-13-23-21(26-20)24-16-17-8-11-22-12-9-17/h4-13H,1-3,14-16H2,(H2,23,24,25,26). The number of anilines is 4. The van der Waals surface area contributed by atoms with Crippen LogP contribution < -0.4 is 15.5 Å². The van der Waals surface area contributed by atoms with Crippen molar-refractivity contribution in [2.75, 3.05) is 28.6 Å². The van der Waals surface area contributed by atoms with Crippen LogP contribution in [0.4, 0.5) is 23.1 Å². The minimum absolute atomic E-state index is 0.599. The van der Waals surface area contributed by atoms with E-state index in [-0.39, 0.29) is 0 Å². The topological polar surface area (TPSA) is 66.0 Å². The van der Waals surface area contributed by atoms with Gasteiger partial charge in [0.1, 0.15) is 5.82 Å². The van der Waals surface area contributed by atoms with Crippen molar-refractivity contribution in [1.82, 2.24) is 15.0 Å². The summed E-state index contributed by atoms with van der Waals surface area (Å²) in [6.45, 7) is 2.98. The average molecular weight is 360 g/mol. The molecule has 6 nitrogen and oxygen atoms in total. The molecule has 0 saturated carbocycles. The van der Waals surface area contributed by atoms with Crippen molar-refractivity contribution < 1.29 is 0 Å². The van der Waals surface area contributed by atoms with Crippen LogP contribution in [0.25, 0.3) is 0 Å². The first-order valence-electron chi connectivity index (χ1n) is 9.45. The first-order chi connectivity index (χ1) is 13.4. The molecule has 0 spiro atoms. The second-order valence-electron chi connectivity index (χ2n) is 6.69. The van der Waals surface area contributed by atoms with Gasteiger partial charge in [-0.1, -0.05) is 0 Å². The third-order valence-electron chi connectivity index (χ3n) is 4.72. The van der Waals surface area contributed by atoms with Crippen LogP contribution in [0.3, 0.4) is 0 Å². The Kier molecular flexibility index (Phi) is 5.43. The molecule has 0 radical (unpaired) electrons. The van der Waals surface area contributed by atoms with E-state index in [4.69, 9.17) is 0 Å². The van der Waals surface area contributed by atoms with Gasteiger partial charge in [0.25, 0.3) is 0 Å². The number of rotatable bonds is 6. The second-order valence-corrected chi connectivity index (χ2v) is 6.69. The molecule has 27 heavy (non-hydrogen) atoms. The Labute approximate surface area is 159 Å². The Morgan fingerprint density at radius 3 is 2.41 bits per heavy atom. The lowest BCUT2D eigenvalue weighted by molar-refractivity contribution is 0.578. The monoisotopic (exact) mass is 360 g/mol. The molecule has 1 aliphatic rings. The first-order valence-corrected chi connectivity index (χ1v) is 9.45. The van der Waals surface area contributed by atoms with E-state index >= 15 is 0 Å². The fraction of sp³-hybridized carbons (Fsp3) is 0.286. The van der Waals surface area contributed by atoms with E-state index in [1.54, 1.807) is 18.6 Å². The molecule has 6 heteroatoms. The molecule has 1 aromatic carbocycles. The minimum Gasteiger partial charge on any atom is -0.372 e. The Balaban J connectivity index is 1.37. The van der Waals surface area contributed by atoms with E-state index in [1.165, 1.54) is 24.9 Å². The van der Waals surface area contributed by atoms with Crippen molar-refractivity contribution in [3.05, 3.63) is 66.6 Å². The largest absolute Gasteiger partial charge is 0.372 e. The fourth-order valence-corrected chi connectivity index (χ4v) is 3.25. The highest BCUT2D eigenvalue weighted by Gasteiger charge is 2.10. The van der Waals surface area contributed by atoms with Crippen LogP contribution in [0.5, 0.6) is 0 Å². The molecule has 0 aliphatic carbocycles. The highest BCUT2D eigenvalue weighted by atomic mass is 15.1. The molecule has 2 N–H and O–H groups in total. The maximum Gasteiger partial charge on any atom is 0.224 e. The van der Waals surface area contributed by atoms with Crippen LogP contribution in [0.2, 0.25) is 0 Å². The van der Waals surface area contributed by atoms with E-state index in [1.807, 2.05) is 18.2 Å². The van der Waals surface area contributed by atoms with Crippen molar-refractivity contribution in [2.24, 2.45) is 0 Å². The number of hydrogen-bond donors (Lipinski definition) is 2. The second kappa shape index (κ2) is 8.49. The van der Waals surface area contributed by atoms with Crippen molar-refractivity contribution in [3.8, 4) is 0 Å². The van der Waals surface area contributed by atoms with Gasteiger partial charge in [-0.05, 0) is 67.3 Å². The van der Waals surface area contributed by atoms with Crippen molar-refractivity contribution in [3.63, 3.8) is 0 Å². The summed E-state index contributed by atoms with van der Waals surface area (Å²) in [5, 5.41) is 6.60. The summed E-state index contributed by atoms with van der Waals surface area (Å²) in [7, 11) is 0. The summed E-state index contributed by atoms with van der Waals surface area (Å²) in [4.78, 5) is 15.3. The maximum absolute atomic E-state index is 4.54. The molecule has 4 rings (SSSR count). The van der Waals surface area contributed by atoms with Gasteiger partial charge in [0.05, 0.1) is 0 Å². The molecule has 3 aromatic rings. The highest BCUT2D eigenvalue weighted by Crippen LogP contribution is 2.23. The molecule has 3 heterocycles. The molecule has 0 amide bonds. The van der Waals surface area contributed by atoms with Crippen LogP contribution in [0.15, 0.2) is 61.1 Å². The van der Waals surface area contributed by atoms with Gasteiger partial charge in [0, 0.05) is 49.6 Å². The molecular weight excluding hydrogens is 336 g/mol. The predicted octanol–water partition coefficient (Wildman–Crippen LogP) is 4.22. The molecule has 2 aromatic heterocycles. The SMILES string of the molecule is c1cc(CNc2nccc(Nc3ccc(N4CCCCC4)cc3)n2)ccn1. The Bertz CT molecular complexity index is 844. The van der Waals surface area contributed by atoms with Crippen molar-refractivity contribution in [1.29, 1.82) is 0 Å². The van der Waals surface area contributed by atoms with Crippen LogP contribution in [-0.4, -0.2) is 28.0 Å². The van der Waals surface area contributed by atoms with Gasteiger partial charge in [-0.2, -0.15) is 4.98 Å². The number of pyridine rings is 1. The van der Waals surface area contributed by atoms with Gasteiger partial charge in [-0.15, -0.1) is 0 Å². The van der Waals surface area contributed by atoms with E-state index < -0.39 is 0 Å². The van der Waals surface area contributed by atoms with Gasteiger partial charge < -0.3 is 15.5 Å². The molecule has 1 fully saturated rings. The summed E-state index contributed by atoms with van der Waals surface area (Å²) in [5.74, 6) is 1.37. The molecule has 0 atom stereocenters. The van der Waals surface area contributed by atoms with E-state index in [9.17, 15) is 0 Å². The molecule has 0 unspecified atom stereocenters. The smallest absolute Gasteiger partial charge is 0.224 e. The Hall–Kier alpha value is -3.15. The van der Waals surface area contributed by atoms with Gasteiger partial charge in [0.2, 0.25) is 5.95 Å². The van der Waals surface area contributed by atoms with E-state index in [0.29, 0.717) is 12.5 Å². The zero-order valence-corrected chi connectivity index (χ0v) is 15.3.